The van der Waals surface area contributed by atoms with Gasteiger partial charge in [0, 0.05) is 6.92 Å². The third kappa shape index (κ3) is 3.11. The van der Waals surface area contributed by atoms with Gasteiger partial charge in [-0.3, -0.25) is 0 Å². The highest BCUT2D eigenvalue weighted by Gasteiger charge is 2.26. The number of quaternary nitrogens is 1. The van der Waals surface area contributed by atoms with Crippen LogP contribution in [0.3, 0.4) is 0 Å². The van der Waals surface area contributed by atoms with Gasteiger partial charge < -0.3 is 9.22 Å². The van der Waals surface area contributed by atoms with Gasteiger partial charge in [0.1, 0.15) is 0 Å². The summed E-state index contributed by atoms with van der Waals surface area (Å²) < 4.78 is 6.65. The molecule has 0 saturated carbocycles. The normalized spacial score (nSPS) is 18.8. The van der Waals surface area contributed by atoms with Crippen molar-refractivity contribution in [1.82, 2.24) is 0 Å². The Morgan fingerprint density at radius 3 is 2.17 bits per heavy atom. The molecule has 0 radical (unpaired) electrons. The van der Waals surface area contributed by atoms with E-state index < -0.39 is 0 Å². The Kier molecular flexibility index (Phi) is 5.51. The Hall–Kier alpha value is -0.0800. The zero-order chi connectivity index (χ0) is 9.61. The van der Waals surface area contributed by atoms with Crippen molar-refractivity contribution in [2.24, 2.45) is 0 Å². The highest BCUT2D eigenvalue weighted by molar-refractivity contribution is 4.38. The molecular weight excluding hydrogens is 150 g/mol. The van der Waals surface area contributed by atoms with Crippen molar-refractivity contribution in [2.75, 3.05) is 26.7 Å². The lowest BCUT2D eigenvalue weighted by atomic mass is 10.3. The van der Waals surface area contributed by atoms with Crippen molar-refractivity contribution in [3.05, 3.63) is 0 Å². The molecule has 12 heavy (non-hydrogen) atoms. The Balaban J connectivity index is 4.08. The number of rotatable bonds is 6. The van der Waals surface area contributed by atoms with Gasteiger partial charge in [-0.25, -0.2) is 0 Å². The predicted molar refractivity (Wildman–Crippen MR) is 53.0 cm³/mol. The molecule has 0 fully saturated rings. The largest absolute Gasteiger partial charge is 0.330 e. The van der Waals surface area contributed by atoms with E-state index in [2.05, 4.69) is 34.7 Å². The smallest absolute Gasteiger partial charge is 0.190 e. The molecule has 0 saturated heterocycles. The summed E-state index contributed by atoms with van der Waals surface area (Å²) in [5, 5.41) is 0. The molecule has 0 N–H and O–H groups in total. The summed E-state index contributed by atoms with van der Waals surface area (Å²) in [5.74, 6) is 0. The monoisotopic (exact) mass is 174 g/mol. The molecule has 0 heterocycles. The predicted octanol–water partition coefficient (Wildman–Crippen LogP) is 2.25. The van der Waals surface area contributed by atoms with Crippen molar-refractivity contribution in [3.8, 4) is 0 Å². The first kappa shape index (κ1) is 11.9. The zero-order valence-electron chi connectivity index (χ0n) is 9.26. The fraction of sp³-hybridized carbons (Fsp3) is 1.00. The van der Waals surface area contributed by atoms with Crippen LogP contribution < -0.4 is 0 Å². The number of hydrogen-bond acceptors (Lipinski definition) is 1. The minimum absolute atomic E-state index is 0.333. The van der Waals surface area contributed by atoms with E-state index in [1.807, 2.05) is 0 Å². The maximum atomic E-state index is 5.62. The summed E-state index contributed by atoms with van der Waals surface area (Å²) in [6.07, 6.45) is 1.56. The molecule has 2 heteroatoms. The number of hydrogen-bond donors (Lipinski definition) is 0. The second-order valence-corrected chi connectivity index (χ2v) is 3.57. The van der Waals surface area contributed by atoms with Gasteiger partial charge in [0.2, 0.25) is 0 Å². The Bertz CT molecular complexity index is 116. The standard InChI is InChI=1S/C10H24NO/c1-6-9-11(5,7-2)10(4)12-8-3/h10H,6-9H2,1-5H3/q+1. The molecule has 2 nitrogen and oxygen atoms in total. The third-order valence-corrected chi connectivity index (χ3v) is 2.74. The van der Waals surface area contributed by atoms with Gasteiger partial charge in [-0.15, -0.1) is 0 Å². The zero-order valence-corrected chi connectivity index (χ0v) is 9.26. The molecule has 0 aromatic heterocycles. The van der Waals surface area contributed by atoms with E-state index in [9.17, 15) is 0 Å². The van der Waals surface area contributed by atoms with Crippen LogP contribution in [-0.4, -0.2) is 37.5 Å². The van der Waals surface area contributed by atoms with Crippen molar-refractivity contribution in [1.29, 1.82) is 0 Å². The lowest BCUT2D eigenvalue weighted by Crippen LogP contribution is -2.52. The van der Waals surface area contributed by atoms with E-state index in [0.29, 0.717) is 6.23 Å². The molecule has 0 aliphatic heterocycles. The first-order valence-corrected chi connectivity index (χ1v) is 5.06. The van der Waals surface area contributed by atoms with Crippen LogP contribution in [0, 0.1) is 0 Å². The minimum Gasteiger partial charge on any atom is -0.330 e. The minimum atomic E-state index is 0.333. The van der Waals surface area contributed by atoms with Crippen LogP contribution in [0.15, 0.2) is 0 Å². The lowest BCUT2D eigenvalue weighted by Gasteiger charge is -2.38. The topological polar surface area (TPSA) is 9.23 Å². The van der Waals surface area contributed by atoms with Crippen LogP contribution in [0.4, 0.5) is 0 Å². The van der Waals surface area contributed by atoms with Gasteiger partial charge in [0.15, 0.2) is 6.23 Å². The molecule has 0 aliphatic rings. The average molecular weight is 174 g/mol. The summed E-state index contributed by atoms with van der Waals surface area (Å²) in [7, 11) is 2.27. The van der Waals surface area contributed by atoms with Crippen molar-refractivity contribution in [3.63, 3.8) is 0 Å². The van der Waals surface area contributed by atoms with Crippen LogP contribution in [-0.2, 0) is 4.74 Å². The van der Waals surface area contributed by atoms with Crippen molar-refractivity contribution < 1.29 is 9.22 Å². The van der Waals surface area contributed by atoms with E-state index in [-0.39, 0.29) is 0 Å². The van der Waals surface area contributed by atoms with Gasteiger partial charge in [-0.1, -0.05) is 6.92 Å². The van der Waals surface area contributed by atoms with Crippen molar-refractivity contribution >= 4 is 0 Å². The highest BCUT2D eigenvalue weighted by atomic mass is 16.5. The molecule has 0 rings (SSSR count). The number of ether oxygens (including phenoxy) is 1. The number of nitrogens with zero attached hydrogens (tertiary/aromatic N) is 1. The maximum absolute atomic E-state index is 5.62. The fourth-order valence-electron chi connectivity index (χ4n) is 1.53. The van der Waals surface area contributed by atoms with E-state index in [1.54, 1.807) is 0 Å². The van der Waals surface area contributed by atoms with Gasteiger partial charge in [0.25, 0.3) is 0 Å². The molecule has 2 atom stereocenters. The molecule has 0 aromatic rings. The molecular formula is C10H24NO+. The Labute approximate surface area is 77.1 Å². The van der Waals surface area contributed by atoms with Crippen molar-refractivity contribution in [2.45, 2.75) is 40.3 Å². The summed E-state index contributed by atoms with van der Waals surface area (Å²) in [5.41, 5.74) is 0. The van der Waals surface area contributed by atoms with Gasteiger partial charge in [-0.2, -0.15) is 0 Å². The van der Waals surface area contributed by atoms with Crippen LogP contribution in [0.5, 0.6) is 0 Å². The molecule has 0 amide bonds. The second kappa shape index (κ2) is 5.55. The summed E-state index contributed by atoms with van der Waals surface area (Å²) in [6, 6.07) is 0. The van der Waals surface area contributed by atoms with Gasteiger partial charge in [-0.05, 0) is 20.3 Å². The van der Waals surface area contributed by atoms with Gasteiger partial charge >= 0.3 is 0 Å². The SMILES string of the molecule is CCC[N+](C)(CC)C(C)OCC. The Morgan fingerprint density at radius 2 is 1.83 bits per heavy atom. The van der Waals surface area contributed by atoms with E-state index in [4.69, 9.17) is 4.74 Å². The summed E-state index contributed by atoms with van der Waals surface area (Å²) in [4.78, 5) is 0. The van der Waals surface area contributed by atoms with E-state index >= 15 is 0 Å². The van der Waals surface area contributed by atoms with Crippen LogP contribution in [0.25, 0.3) is 0 Å². The Morgan fingerprint density at radius 1 is 1.25 bits per heavy atom. The summed E-state index contributed by atoms with van der Waals surface area (Å²) >= 11 is 0. The van der Waals surface area contributed by atoms with E-state index in [0.717, 1.165) is 17.6 Å². The average Bonchev–Trinajstić information content (AvgIpc) is 2.05. The molecule has 0 spiro atoms. The first-order valence-electron chi connectivity index (χ1n) is 5.06. The molecule has 2 unspecified atom stereocenters. The fourth-order valence-corrected chi connectivity index (χ4v) is 1.53. The molecule has 0 aliphatic carbocycles. The quantitative estimate of drug-likeness (QED) is 0.443. The second-order valence-electron chi connectivity index (χ2n) is 3.57. The van der Waals surface area contributed by atoms with Gasteiger partial charge in [0.05, 0.1) is 26.7 Å². The lowest BCUT2D eigenvalue weighted by molar-refractivity contribution is -0.951. The highest BCUT2D eigenvalue weighted by Crippen LogP contribution is 2.11. The first-order chi connectivity index (χ1) is 5.60. The molecule has 74 valence electrons. The maximum Gasteiger partial charge on any atom is 0.190 e. The van der Waals surface area contributed by atoms with Crippen LogP contribution in [0.2, 0.25) is 0 Å². The summed E-state index contributed by atoms with van der Waals surface area (Å²) in [6.45, 7) is 11.9. The third-order valence-electron chi connectivity index (χ3n) is 2.74. The van der Waals surface area contributed by atoms with Crippen LogP contribution in [0.1, 0.15) is 34.1 Å². The molecule has 0 bridgehead atoms. The van der Waals surface area contributed by atoms with E-state index in [1.165, 1.54) is 13.0 Å². The molecule has 0 aromatic carbocycles. The van der Waals surface area contributed by atoms with Crippen LogP contribution >= 0.6 is 0 Å².